The summed E-state index contributed by atoms with van der Waals surface area (Å²) in [5, 5.41) is -0.694. The summed E-state index contributed by atoms with van der Waals surface area (Å²) < 4.78 is 26.7. The molecule has 1 aliphatic carbocycles. The van der Waals surface area contributed by atoms with Gasteiger partial charge in [-0.2, -0.15) is 0 Å². The molecule has 2 fully saturated rings. The third-order valence-corrected chi connectivity index (χ3v) is 7.68. The molecule has 0 aromatic carbocycles. The van der Waals surface area contributed by atoms with Crippen molar-refractivity contribution in [2.45, 2.75) is 57.1 Å². The van der Waals surface area contributed by atoms with Crippen LogP contribution in [0.5, 0.6) is 0 Å². The second kappa shape index (κ2) is 5.66. The summed E-state index contributed by atoms with van der Waals surface area (Å²) in [4.78, 5) is 0.101. The number of rotatable bonds is 4. The van der Waals surface area contributed by atoms with Crippen LogP contribution in [0.25, 0.3) is 0 Å². The van der Waals surface area contributed by atoms with Crippen LogP contribution in [0.1, 0.15) is 51.9 Å². The fraction of sp³-hybridized carbons (Fsp3) is 0.923. The molecule has 0 amide bonds. The standard InChI is InChI=1S/C13H24N2O2S2/c1-2-11(12(14)18)19(16,17)15-9-7-13(8-10-15)5-3-4-6-13/h11H,2-10H2,1H3,(H2,14,18). The van der Waals surface area contributed by atoms with Crippen molar-refractivity contribution in [3.05, 3.63) is 0 Å². The molecule has 0 aromatic heterocycles. The van der Waals surface area contributed by atoms with Gasteiger partial charge >= 0.3 is 0 Å². The molecule has 1 aliphatic heterocycles. The van der Waals surface area contributed by atoms with Crippen molar-refractivity contribution in [2.75, 3.05) is 13.1 Å². The molecule has 6 heteroatoms. The van der Waals surface area contributed by atoms with E-state index in [0.29, 0.717) is 24.9 Å². The van der Waals surface area contributed by atoms with Crippen LogP contribution in [0.15, 0.2) is 0 Å². The highest BCUT2D eigenvalue weighted by atomic mass is 32.2. The first-order valence-electron chi connectivity index (χ1n) is 7.20. The molecule has 1 saturated heterocycles. The molecule has 1 atom stereocenters. The van der Waals surface area contributed by atoms with Gasteiger partial charge in [0.15, 0.2) is 0 Å². The summed E-state index contributed by atoms with van der Waals surface area (Å²) >= 11 is 4.91. The van der Waals surface area contributed by atoms with Crippen LogP contribution in [-0.2, 0) is 10.0 Å². The van der Waals surface area contributed by atoms with Crippen LogP contribution in [-0.4, -0.2) is 36.1 Å². The number of hydrogen-bond donors (Lipinski definition) is 1. The van der Waals surface area contributed by atoms with Crippen molar-refractivity contribution in [1.82, 2.24) is 4.31 Å². The van der Waals surface area contributed by atoms with Crippen LogP contribution in [0, 0.1) is 5.41 Å². The lowest BCUT2D eigenvalue weighted by Crippen LogP contribution is -2.49. The topological polar surface area (TPSA) is 63.4 Å². The number of nitrogens with two attached hydrogens (primary N) is 1. The fourth-order valence-electron chi connectivity index (χ4n) is 3.58. The molecular weight excluding hydrogens is 280 g/mol. The smallest absolute Gasteiger partial charge is 0.223 e. The molecule has 2 aliphatic rings. The van der Waals surface area contributed by atoms with E-state index in [-0.39, 0.29) is 4.99 Å². The molecular formula is C13H24N2O2S2. The van der Waals surface area contributed by atoms with Gasteiger partial charge in [0.2, 0.25) is 10.0 Å². The number of sulfonamides is 1. The SMILES string of the molecule is CCC(C(N)=S)S(=O)(=O)N1CCC2(CCCC2)CC1. The zero-order chi connectivity index (χ0) is 14.1. The minimum Gasteiger partial charge on any atom is -0.392 e. The molecule has 1 unspecified atom stereocenters. The number of hydrogen-bond acceptors (Lipinski definition) is 3. The van der Waals surface area contributed by atoms with Crippen molar-refractivity contribution >= 4 is 27.2 Å². The first-order valence-corrected chi connectivity index (χ1v) is 9.11. The lowest BCUT2D eigenvalue weighted by Gasteiger charge is -2.39. The third kappa shape index (κ3) is 2.95. The Morgan fingerprint density at radius 3 is 2.21 bits per heavy atom. The Morgan fingerprint density at radius 2 is 1.79 bits per heavy atom. The Kier molecular flexibility index (Phi) is 4.52. The Hall–Kier alpha value is -0.200. The lowest BCUT2D eigenvalue weighted by atomic mass is 9.78. The van der Waals surface area contributed by atoms with E-state index in [9.17, 15) is 8.42 Å². The lowest BCUT2D eigenvalue weighted by molar-refractivity contribution is 0.160. The second-order valence-corrected chi connectivity index (χ2v) is 8.54. The van der Waals surface area contributed by atoms with Gasteiger partial charge in [-0.05, 0) is 37.5 Å². The second-order valence-electron chi connectivity index (χ2n) is 5.95. The summed E-state index contributed by atoms with van der Waals surface area (Å²) in [5.41, 5.74) is 6.01. The minimum absolute atomic E-state index is 0.101. The predicted molar refractivity (Wildman–Crippen MR) is 81.5 cm³/mol. The molecule has 110 valence electrons. The van der Waals surface area contributed by atoms with Crippen molar-refractivity contribution in [2.24, 2.45) is 11.1 Å². The van der Waals surface area contributed by atoms with Crippen LogP contribution in [0.2, 0.25) is 0 Å². The summed E-state index contributed by atoms with van der Waals surface area (Å²) in [6, 6.07) is 0. The summed E-state index contributed by atoms with van der Waals surface area (Å²) in [5.74, 6) is 0. The molecule has 1 saturated carbocycles. The molecule has 19 heavy (non-hydrogen) atoms. The minimum atomic E-state index is -3.35. The van der Waals surface area contributed by atoms with Crippen LogP contribution in [0.4, 0.5) is 0 Å². The van der Waals surface area contributed by atoms with Gasteiger partial charge in [-0.1, -0.05) is 32.0 Å². The first-order chi connectivity index (χ1) is 8.91. The van der Waals surface area contributed by atoms with Gasteiger partial charge < -0.3 is 5.73 Å². The van der Waals surface area contributed by atoms with Gasteiger partial charge in [-0.25, -0.2) is 12.7 Å². The first kappa shape index (κ1) is 15.2. The highest BCUT2D eigenvalue weighted by molar-refractivity contribution is 7.92. The Bertz CT molecular complexity index is 432. The molecule has 2 rings (SSSR count). The highest BCUT2D eigenvalue weighted by Gasteiger charge is 2.41. The molecule has 1 spiro atoms. The maximum absolute atomic E-state index is 12.5. The van der Waals surface area contributed by atoms with Crippen molar-refractivity contribution < 1.29 is 8.42 Å². The van der Waals surface area contributed by atoms with E-state index in [2.05, 4.69) is 0 Å². The van der Waals surface area contributed by atoms with E-state index in [1.54, 1.807) is 4.31 Å². The quantitative estimate of drug-likeness (QED) is 0.807. The number of thiocarbonyl (C=S) groups is 1. The average molecular weight is 304 g/mol. The van der Waals surface area contributed by atoms with Crippen molar-refractivity contribution in [1.29, 1.82) is 0 Å². The van der Waals surface area contributed by atoms with E-state index in [4.69, 9.17) is 18.0 Å². The highest BCUT2D eigenvalue weighted by Crippen LogP contribution is 2.46. The number of piperidine rings is 1. The summed E-state index contributed by atoms with van der Waals surface area (Å²) in [7, 11) is -3.35. The van der Waals surface area contributed by atoms with Gasteiger partial charge in [-0.15, -0.1) is 0 Å². The zero-order valence-corrected chi connectivity index (χ0v) is 13.2. The molecule has 0 radical (unpaired) electrons. The summed E-state index contributed by atoms with van der Waals surface area (Å²) in [6.45, 7) is 3.10. The molecule has 0 bridgehead atoms. The largest absolute Gasteiger partial charge is 0.392 e. The maximum Gasteiger partial charge on any atom is 0.223 e. The maximum atomic E-state index is 12.5. The van der Waals surface area contributed by atoms with Crippen LogP contribution >= 0.6 is 12.2 Å². The predicted octanol–water partition coefficient (Wildman–Crippen LogP) is 2.04. The third-order valence-electron chi connectivity index (χ3n) is 4.85. The van der Waals surface area contributed by atoms with Gasteiger partial charge in [0.25, 0.3) is 0 Å². The van der Waals surface area contributed by atoms with Crippen LogP contribution < -0.4 is 5.73 Å². The Morgan fingerprint density at radius 1 is 1.26 bits per heavy atom. The average Bonchev–Trinajstić information content (AvgIpc) is 2.78. The fourth-order valence-corrected chi connectivity index (χ4v) is 5.88. The van der Waals surface area contributed by atoms with Gasteiger partial charge in [0.05, 0.1) is 4.99 Å². The van der Waals surface area contributed by atoms with Gasteiger partial charge in [0, 0.05) is 13.1 Å². The van der Waals surface area contributed by atoms with Gasteiger partial charge in [0.1, 0.15) is 5.25 Å². The van der Waals surface area contributed by atoms with Crippen molar-refractivity contribution in [3.63, 3.8) is 0 Å². The Balaban J connectivity index is 2.05. The zero-order valence-electron chi connectivity index (χ0n) is 11.6. The molecule has 4 nitrogen and oxygen atoms in total. The van der Waals surface area contributed by atoms with E-state index in [0.717, 1.165) is 12.8 Å². The van der Waals surface area contributed by atoms with E-state index in [1.165, 1.54) is 25.7 Å². The van der Waals surface area contributed by atoms with E-state index in [1.807, 2.05) is 6.92 Å². The molecule has 2 N–H and O–H groups in total. The number of nitrogens with zero attached hydrogens (tertiary/aromatic N) is 1. The van der Waals surface area contributed by atoms with Crippen molar-refractivity contribution in [3.8, 4) is 0 Å². The van der Waals surface area contributed by atoms with Gasteiger partial charge in [-0.3, -0.25) is 0 Å². The molecule has 1 heterocycles. The molecule has 0 aromatic rings. The Labute approximate surface area is 121 Å². The normalized spacial score (nSPS) is 25.5. The van der Waals surface area contributed by atoms with E-state index >= 15 is 0 Å². The monoisotopic (exact) mass is 304 g/mol. The summed E-state index contributed by atoms with van der Waals surface area (Å²) in [6.07, 6.45) is 7.61. The van der Waals surface area contributed by atoms with Crippen LogP contribution in [0.3, 0.4) is 0 Å². The van der Waals surface area contributed by atoms with E-state index < -0.39 is 15.3 Å².